The van der Waals surface area contributed by atoms with Gasteiger partial charge in [-0.3, -0.25) is 0 Å². The van der Waals surface area contributed by atoms with Gasteiger partial charge in [0, 0.05) is 0 Å². The van der Waals surface area contributed by atoms with Crippen molar-refractivity contribution in [3.63, 3.8) is 0 Å². The Morgan fingerprint density at radius 2 is 0.833 bits per heavy atom. The molecule has 0 amide bonds. The van der Waals surface area contributed by atoms with E-state index >= 15 is 0 Å². The smallest absolute Gasteiger partial charge is 0.0395 e. The highest BCUT2D eigenvalue weighted by Gasteiger charge is 1.89. The molecule has 0 radical (unpaired) electrons. The van der Waals surface area contributed by atoms with Gasteiger partial charge in [0.15, 0.2) is 0 Å². The average molecular weight is 319 g/mol. The topological polar surface area (TPSA) is 0 Å². The first-order valence-corrected chi connectivity index (χ1v) is 8.48. The molecule has 24 heavy (non-hydrogen) atoms. The third kappa shape index (κ3) is 7.78. The molecule has 0 atom stereocenters. The summed E-state index contributed by atoms with van der Waals surface area (Å²) in [6.07, 6.45) is 0. The number of rotatable bonds is 0. The predicted octanol–water partition coefficient (Wildman–Crippen LogP) is 6.91. The normalized spacial score (nSPS) is 9.25. The van der Waals surface area contributed by atoms with Gasteiger partial charge in [-0.05, 0) is 63.8 Å². The Bertz CT molecular complexity index is 703. The van der Waals surface area contributed by atoms with Crippen molar-refractivity contribution < 1.29 is 0 Å². The van der Waals surface area contributed by atoms with Crippen LogP contribution in [0.5, 0.6) is 0 Å². The lowest BCUT2D eigenvalue weighted by Crippen LogP contribution is -1.79. The van der Waals surface area contributed by atoms with Gasteiger partial charge in [0.25, 0.3) is 0 Å². The second-order valence-electron chi connectivity index (χ2n) is 6.33. The highest BCUT2D eigenvalue weighted by molar-refractivity contribution is 5.28. The summed E-state index contributed by atoms with van der Waals surface area (Å²) in [5.41, 5.74) is 8.16. The van der Waals surface area contributed by atoms with Crippen LogP contribution in [-0.2, 0) is 0 Å². The van der Waals surface area contributed by atoms with Crippen molar-refractivity contribution in [1.29, 1.82) is 0 Å². The van der Waals surface area contributed by atoms with E-state index in [1.54, 1.807) is 0 Å². The summed E-state index contributed by atoms with van der Waals surface area (Å²) in [5.74, 6) is 0. The maximum atomic E-state index is 2.20. The largest absolute Gasteiger partial charge is 0.0622 e. The average Bonchev–Trinajstić information content (AvgIpc) is 2.56. The number of aryl methyl sites for hydroxylation is 6. The zero-order chi connectivity index (χ0) is 17.9. The summed E-state index contributed by atoms with van der Waals surface area (Å²) in [7, 11) is 0. The van der Waals surface area contributed by atoms with E-state index in [1.807, 2.05) is 18.2 Å². The van der Waals surface area contributed by atoms with Crippen molar-refractivity contribution >= 4 is 0 Å². The van der Waals surface area contributed by atoms with Gasteiger partial charge in [-0.25, -0.2) is 0 Å². The Labute approximate surface area is 148 Å². The molecule has 0 N–H and O–H groups in total. The SMILES string of the molecule is Cc1ccc(C)c(C)c1.Cc1ccccc1.Cc1ccccc1C. The summed E-state index contributed by atoms with van der Waals surface area (Å²) < 4.78 is 0. The Morgan fingerprint density at radius 3 is 1.17 bits per heavy atom. The molecule has 0 fully saturated rings. The quantitative estimate of drug-likeness (QED) is 0.422. The minimum absolute atomic E-state index is 1.32. The summed E-state index contributed by atoms with van der Waals surface area (Å²) in [4.78, 5) is 0. The molecule has 0 bridgehead atoms. The van der Waals surface area contributed by atoms with Crippen LogP contribution in [0.2, 0.25) is 0 Å². The molecular weight excluding hydrogens is 288 g/mol. The van der Waals surface area contributed by atoms with Gasteiger partial charge in [-0.2, -0.15) is 0 Å². The monoisotopic (exact) mass is 318 g/mol. The van der Waals surface area contributed by atoms with Crippen LogP contribution in [-0.4, -0.2) is 0 Å². The molecule has 0 spiro atoms. The van der Waals surface area contributed by atoms with Crippen LogP contribution >= 0.6 is 0 Å². The van der Waals surface area contributed by atoms with Crippen molar-refractivity contribution in [2.75, 3.05) is 0 Å². The zero-order valence-corrected chi connectivity index (χ0v) is 15.9. The molecule has 0 heteroatoms. The Kier molecular flexibility index (Phi) is 8.57. The second-order valence-corrected chi connectivity index (χ2v) is 6.33. The fourth-order valence-corrected chi connectivity index (χ4v) is 2.09. The molecule has 0 aromatic heterocycles. The standard InChI is InChI=1S/C9H12.C8H10.C7H8/c1-7-4-5-8(2)9(3)6-7;1-7-5-3-4-6-8(7)2;1-7-5-3-2-4-6-7/h4-6H,1-3H3;3-6H,1-2H3;2-6H,1H3. The molecule has 3 rings (SSSR count). The van der Waals surface area contributed by atoms with E-state index in [9.17, 15) is 0 Å². The van der Waals surface area contributed by atoms with Crippen LogP contribution in [0.4, 0.5) is 0 Å². The van der Waals surface area contributed by atoms with Gasteiger partial charge in [-0.1, -0.05) is 83.9 Å². The molecule has 0 unspecified atom stereocenters. The summed E-state index contributed by atoms with van der Waals surface area (Å²) in [6.45, 7) is 12.7. The van der Waals surface area contributed by atoms with Crippen LogP contribution in [0.1, 0.15) is 33.4 Å². The highest BCUT2D eigenvalue weighted by Crippen LogP contribution is 2.07. The minimum Gasteiger partial charge on any atom is -0.0622 e. The summed E-state index contributed by atoms with van der Waals surface area (Å²) in [6, 6.07) is 25.1. The van der Waals surface area contributed by atoms with E-state index in [2.05, 4.69) is 96.1 Å². The van der Waals surface area contributed by atoms with Gasteiger partial charge in [0.05, 0.1) is 0 Å². The van der Waals surface area contributed by atoms with Crippen molar-refractivity contribution in [3.8, 4) is 0 Å². The van der Waals surface area contributed by atoms with Crippen molar-refractivity contribution in [1.82, 2.24) is 0 Å². The van der Waals surface area contributed by atoms with Gasteiger partial charge < -0.3 is 0 Å². The van der Waals surface area contributed by atoms with Crippen LogP contribution in [0, 0.1) is 41.5 Å². The van der Waals surface area contributed by atoms with E-state index in [4.69, 9.17) is 0 Å². The molecule has 0 nitrogen and oxygen atoms in total. The molecule has 0 saturated heterocycles. The maximum absolute atomic E-state index is 2.20. The molecular formula is C24H30. The first-order valence-electron chi connectivity index (χ1n) is 8.48. The van der Waals surface area contributed by atoms with Gasteiger partial charge in [-0.15, -0.1) is 0 Å². The Balaban J connectivity index is 0.000000181. The molecule has 126 valence electrons. The fourth-order valence-electron chi connectivity index (χ4n) is 2.09. The molecule has 3 aromatic carbocycles. The summed E-state index contributed by atoms with van der Waals surface area (Å²) >= 11 is 0. The maximum Gasteiger partial charge on any atom is -0.0395 e. The van der Waals surface area contributed by atoms with E-state index in [0.717, 1.165) is 0 Å². The first-order chi connectivity index (χ1) is 11.4. The Morgan fingerprint density at radius 1 is 0.375 bits per heavy atom. The Hall–Kier alpha value is -2.34. The third-order valence-corrected chi connectivity index (χ3v) is 4.03. The van der Waals surface area contributed by atoms with Crippen molar-refractivity contribution in [2.24, 2.45) is 0 Å². The summed E-state index contributed by atoms with van der Waals surface area (Å²) in [5, 5.41) is 0. The molecule has 0 saturated carbocycles. The molecule has 0 aliphatic rings. The zero-order valence-electron chi connectivity index (χ0n) is 15.9. The predicted molar refractivity (Wildman–Crippen MR) is 108 cm³/mol. The van der Waals surface area contributed by atoms with Gasteiger partial charge >= 0.3 is 0 Å². The first kappa shape index (κ1) is 19.7. The van der Waals surface area contributed by atoms with Crippen molar-refractivity contribution in [2.45, 2.75) is 41.5 Å². The molecule has 0 aliphatic carbocycles. The van der Waals surface area contributed by atoms with Gasteiger partial charge in [0.2, 0.25) is 0 Å². The van der Waals surface area contributed by atoms with Crippen LogP contribution in [0.15, 0.2) is 72.8 Å². The highest BCUT2D eigenvalue weighted by atomic mass is 13.9. The van der Waals surface area contributed by atoms with Crippen LogP contribution in [0.3, 0.4) is 0 Å². The van der Waals surface area contributed by atoms with E-state index < -0.39 is 0 Å². The van der Waals surface area contributed by atoms with Crippen LogP contribution in [0.25, 0.3) is 0 Å². The molecule has 3 aromatic rings. The van der Waals surface area contributed by atoms with E-state index in [-0.39, 0.29) is 0 Å². The number of hydrogen-bond acceptors (Lipinski definition) is 0. The second kappa shape index (κ2) is 10.4. The van der Waals surface area contributed by atoms with Crippen molar-refractivity contribution in [3.05, 3.63) is 106 Å². The number of hydrogen-bond donors (Lipinski definition) is 0. The van der Waals surface area contributed by atoms with E-state index in [0.29, 0.717) is 0 Å². The number of benzene rings is 3. The van der Waals surface area contributed by atoms with E-state index in [1.165, 1.54) is 33.4 Å². The van der Waals surface area contributed by atoms with Gasteiger partial charge in [0.1, 0.15) is 0 Å². The lowest BCUT2D eigenvalue weighted by atomic mass is 10.1. The minimum atomic E-state index is 1.32. The lowest BCUT2D eigenvalue weighted by molar-refractivity contribution is 1.30. The molecule has 0 aliphatic heterocycles. The fraction of sp³-hybridized carbons (Fsp3) is 0.250. The third-order valence-electron chi connectivity index (χ3n) is 4.03. The molecule has 0 heterocycles. The van der Waals surface area contributed by atoms with Crippen LogP contribution < -0.4 is 0 Å². The lowest BCUT2D eigenvalue weighted by Gasteiger charge is -1.98.